The van der Waals surface area contributed by atoms with E-state index in [1.807, 2.05) is 6.92 Å². The Morgan fingerprint density at radius 3 is 2.25 bits per heavy atom. The van der Waals surface area contributed by atoms with Crippen molar-refractivity contribution >= 4 is 43.2 Å². The number of aryl methyl sites for hydroxylation is 2. The van der Waals surface area contributed by atoms with Gasteiger partial charge in [0.05, 0.1) is 10.6 Å². The monoisotopic (exact) mass is 373 g/mol. The quantitative estimate of drug-likeness (QED) is 0.858. The van der Waals surface area contributed by atoms with E-state index in [1.54, 1.807) is 43.3 Å². The molecule has 6 heteroatoms. The molecule has 0 heterocycles. The van der Waals surface area contributed by atoms with Crippen LogP contribution in [-0.2, 0) is 10.0 Å². The summed E-state index contributed by atoms with van der Waals surface area (Å²) in [7, 11) is -3.61. The predicted molar refractivity (Wildman–Crippen MR) is 85.9 cm³/mol. The van der Waals surface area contributed by atoms with Crippen molar-refractivity contribution in [1.29, 1.82) is 0 Å². The third-order valence-corrected chi connectivity index (χ3v) is 5.03. The lowest BCUT2D eigenvalue weighted by atomic mass is 10.2. The Morgan fingerprint density at radius 1 is 1.10 bits per heavy atom. The molecule has 0 atom stereocenters. The van der Waals surface area contributed by atoms with Crippen molar-refractivity contribution in [3.05, 3.63) is 57.0 Å². The molecule has 1 N–H and O–H groups in total. The first-order chi connectivity index (χ1) is 9.29. The normalized spacial score (nSPS) is 11.4. The van der Waals surface area contributed by atoms with Crippen LogP contribution >= 0.6 is 27.5 Å². The minimum Gasteiger partial charge on any atom is -0.278 e. The summed E-state index contributed by atoms with van der Waals surface area (Å²) >= 11 is 9.24. The maximum absolute atomic E-state index is 12.3. The number of sulfonamides is 1. The zero-order valence-corrected chi connectivity index (χ0v) is 14.1. The van der Waals surface area contributed by atoms with Gasteiger partial charge in [0.25, 0.3) is 10.0 Å². The van der Waals surface area contributed by atoms with Crippen LogP contribution in [0.2, 0.25) is 5.02 Å². The smallest absolute Gasteiger partial charge is 0.261 e. The van der Waals surface area contributed by atoms with E-state index in [0.717, 1.165) is 11.1 Å². The molecule has 3 nitrogen and oxygen atoms in total. The highest BCUT2D eigenvalue weighted by Crippen LogP contribution is 2.31. The summed E-state index contributed by atoms with van der Waals surface area (Å²) < 4.78 is 27.9. The van der Waals surface area contributed by atoms with Crippen molar-refractivity contribution in [3.63, 3.8) is 0 Å². The Kier molecular flexibility index (Phi) is 4.42. The zero-order chi connectivity index (χ0) is 14.9. The van der Waals surface area contributed by atoms with Gasteiger partial charge in [0, 0.05) is 9.50 Å². The Hall–Kier alpha value is -1.04. The summed E-state index contributed by atoms with van der Waals surface area (Å²) in [5.74, 6) is 0. The van der Waals surface area contributed by atoms with Gasteiger partial charge in [0.1, 0.15) is 0 Å². The highest BCUT2D eigenvalue weighted by molar-refractivity contribution is 9.10. The molecule has 0 fully saturated rings. The van der Waals surface area contributed by atoms with Crippen molar-refractivity contribution < 1.29 is 8.42 Å². The second-order valence-electron chi connectivity index (χ2n) is 4.50. The van der Waals surface area contributed by atoms with Gasteiger partial charge < -0.3 is 0 Å². The van der Waals surface area contributed by atoms with E-state index in [-0.39, 0.29) is 4.90 Å². The number of hydrogen-bond donors (Lipinski definition) is 1. The third-order valence-electron chi connectivity index (χ3n) is 2.82. The molecule has 20 heavy (non-hydrogen) atoms. The molecular formula is C14H13BrClNO2S. The number of hydrogen-bond acceptors (Lipinski definition) is 2. The first-order valence-electron chi connectivity index (χ1n) is 5.85. The van der Waals surface area contributed by atoms with Crippen LogP contribution in [0.15, 0.2) is 45.8 Å². The average Bonchev–Trinajstić information content (AvgIpc) is 2.34. The van der Waals surface area contributed by atoms with Gasteiger partial charge >= 0.3 is 0 Å². The molecule has 0 saturated heterocycles. The summed E-state index contributed by atoms with van der Waals surface area (Å²) in [6, 6.07) is 10.0. The first kappa shape index (κ1) is 15.4. The van der Waals surface area contributed by atoms with Crippen LogP contribution < -0.4 is 4.72 Å². The Bertz CT molecular complexity index is 719. The van der Waals surface area contributed by atoms with Gasteiger partial charge in [0.2, 0.25) is 0 Å². The van der Waals surface area contributed by atoms with E-state index in [2.05, 4.69) is 20.7 Å². The van der Waals surface area contributed by atoms with Crippen LogP contribution in [0.3, 0.4) is 0 Å². The fourth-order valence-corrected chi connectivity index (χ4v) is 4.09. The first-order valence-corrected chi connectivity index (χ1v) is 8.50. The fraction of sp³-hybridized carbons (Fsp3) is 0.143. The molecule has 106 valence electrons. The van der Waals surface area contributed by atoms with Crippen molar-refractivity contribution in [1.82, 2.24) is 0 Å². The molecule has 0 spiro atoms. The van der Waals surface area contributed by atoms with E-state index >= 15 is 0 Å². The standard InChI is InChI=1S/C14H13BrClNO2S/c1-9-3-5-12(6-4-9)20(18,19)17-14-10(2)7-11(16)8-13(14)15/h3-8,17H,1-2H3. The van der Waals surface area contributed by atoms with E-state index in [0.29, 0.717) is 15.2 Å². The topological polar surface area (TPSA) is 46.2 Å². The van der Waals surface area contributed by atoms with Gasteiger partial charge in [-0.1, -0.05) is 29.3 Å². The Labute approximate surface area is 132 Å². The Balaban J connectivity index is 2.41. The zero-order valence-electron chi connectivity index (χ0n) is 10.9. The number of anilines is 1. The molecule has 0 bridgehead atoms. The fourth-order valence-electron chi connectivity index (χ4n) is 1.74. The molecule has 2 rings (SSSR count). The highest BCUT2D eigenvalue weighted by atomic mass is 79.9. The lowest BCUT2D eigenvalue weighted by Crippen LogP contribution is -2.14. The molecule has 0 saturated carbocycles. The van der Waals surface area contributed by atoms with Crippen LogP contribution in [-0.4, -0.2) is 8.42 Å². The number of nitrogens with one attached hydrogen (secondary N) is 1. The van der Waals surface area contributed by atoms with Crippen LogP contribution in [0.4, 0.5) is 5.69 Å². The second-order valence-corrected chi connectivity index (χ2v) is 7.47. The largest absolute Gasteiger partial charge is 0.278 e. The van der Waals surface area contributed by atoms with Crippen LogP contribution in [0.5, 0.6) is 0 Å². The maximum Gasteiger partial charge on any atom is 0.261 e. The SMILES string of the molecule is Cc1ccc(S(=O)(=O)Nc2c(C)cc(Cl)cc2Br)cc1. The van der Waals surface area contributed by atoms with Crippen molar-refractivity contribution in [2.45, 2.75) is 18.7 Å². The predicted octanol–water partition coefficient (Wildman–Crippen LogP) is 4.52. The van der Waals surface area contributed by atoms with Gasteiger partial charge in [0.15, 0.2) is 0 Å². The maximum atomic E-state index is 12.3. The van der Waals surface area contributed by atoms with Gasteiger partial charge in [-0.2, -0.15) is 0 Å². The molecular weight excluding hydrogens is 362 g/mol. The summed E-state index contributed by atoms with van der Waals surface area (Å²) in [6.07, 6.45) is 0. The molecule has 2 aromatic carbocycles. The van der Waals surface area contributed by atoms with Gasteiger partial charge in [-0.05, 0) is 59.6 Å². The second kappa shape index (κ2) is 5.76. The van der Waals surface area contributed by atoms with Crippen molar-refractivity contribution in [2.75, 3.05) is 4.72 Å². The number of rotatable bonds is 3. The lowest BCUT2D eigenvalue weighted by molar-refractivity contribution is 0.601. The van der Waals surface area contributed by atoms with E-state index < -0.39 is 10.0 Å². The molecule has 0 radical (unpaired) electrons. The minimum absolute atomic E-state index is 0.226. The summed E-state index contributed by atoms with van der Waals surface area (Å²) in [5, 5.41) is 0.549. The molecule has 0 unspecified atom stereocenters. The Morgan fingerprint density at radius 2 is 1.70 bits per heavy atom. The minimum atomic E-state index is -3.61. The molecule has 0 amide bonds. The van der Waals surface area contributed by atoms with Crippen LogP contribution in [0, 0.1) is 13.8 Å². The van der Waals surface area contributed by atoms with E-state index in [9.17, 15) is 8.42 Å². The highest BCUT2D eigenvalue weighted by Gasteiger charge is 2.17. The average molecular weight is 375 g/mol. The number of halogens is 2. The van der Waals surface area contributed by atoms with Crippen molar-refractivity contribution in [3.8, 4) is 0 Å². The van der Waals surface area contributed by atoms with Crippen molar-refractivity contribution in [2.24, 2.45) is 0 Å². The third kappa shape index (κ3) is 3.34. The molecule has 0 aromatic heterocycles. The van der Waals surface area contributed by atoms with E-state index in [4.69, 9.17) is 11.6 Å². The summed E-state index contributed by atoms with van der Waals surface area (Å²) in [5.41, 5.74) is 2.25. The number of benzene rings is 2. The summed E-state index contributed by atoms with van der Waals surface area (Å²) in [6.45, 7) is 3.70. The summed E-state index contributed by atoms with van der Waals surface area (Å²) in [4.78, 5) is 0.226. The van der Waals surface area contributed by atoms with Gasteiger partial charge in [-0.3, -0.25) is 4.72 Å². The van der Waals surface area contributed by atoms with Crippen LogP contribution in [0.25, 0.3) is 0 Å². The molecule has 0 aliphatic heterocycles. The lowest BCUT2D eigenvalue weighted by Gasteiger charge is -2.13. The molecule has 0 aliphatic rings. The molecule has 2 aromatic rings. The van der Waals surface area contributed by atoms with E-state index in [1.165, 1.54) is 0 Å². The van der Waals surface area contributed by atoms with Gasteiger partial charge in [-0.25, -0.2) is 8.42 Å². The molecule has 0 aliphatic carbocycles. The van der Waals surface area contributed by atoms with Gasteiger partial charge in [-0.15, -0.1) is 0 Å². The van der Waals surface area contributed by atoms with Crippen LogP contribution in [0.1, 0.15) is 11.1 Å².